The van der Waals surface area contributed by atoms with Crippen molar-refractivity contribution in [1.29, 1.82) is 0 Å². The van der Waals surface area contributed by atoms with E-state index in [-0.39, 0.29) is 11.6 Å². The molecule has 0 bridgehead atoms. The molecule has 0 aliphatic carbocycles. The molecule has 0 amide bonds. The normalized spacial score (nSPS) is 23.0. The number of hydrogen-bond acceptors (Lipinski definition) is 5. The summed E-state index contributed by atoms with van der Waals surface area (Å²) in [6, 6.07) is 4.17. The lowest BCUT2D eigenvalue weighted by Gasteiger charge is -2.34. The lowest BCUT2D eigenvalue weighted by atomic mass is 10.0. The molecular weight excluding hydrogens is 287 g/mol. The lowest BCUT2D eigenvalue weighted by molar-refractivity contribution is 0.0520. The zero-order chi connectivity index (χ0) is 15.7. The summed E-state index contributed by atoms with van der Waals surface area (Å²) < 4.78 is 14.9. The summed E-state index contributed by atoms with van der Waals surface area (Å²) in [6.45, 7) is 2.29. The minimum atomic E-state index is -0.544. The third kappa shape index (κ3) is 3.01. The van der Waals surface area contributed by atoms with Crippen LogP contribution in [0.2, 0.25) is 0 Å². The highest BCUT2D eigenvalue weighted by molar-refractivity contribution is 5.74. The van der Waals surface area contributed by atoms with Gasteiger partial charge in [0.2, 0.25) is 0 Å². The second-order valence-electron chi connectivity index (χ2n) is 5.70. The van der Waals surface area contributed by atoms with Crippen LogP contribution in [-0.2, 0) is 6.54 Å². The molecule has 7 heteroatoms. The van der Waals surface area contributed by atoms with Gasteiger partial charge in [0.1, 0.15) is 5.82 Å². The number of pyridine rings is 2. The van der Waals surface area contributed by atoms with Gasteiger partial charge in [0, 0.05) is 37.8 Å². The monoisotopic (exact) mass is 306 g/mol. The molecule has 22 heavy (non-hydrogen) atoms. The molecule has 1 saturated heterocycles. The molecule has 2 aromatic rings. The number of likely N-dealkylation sites (tertiary alicyclic amines) is 1. The van der Waals surface area contributed by atoms with Crippen molar-refractivity contribution in [2.24, 2.45) is 5.73 Å². The Hall–Kier alpha value is -1.83. The predicted octanol–water partition coefficient (Wildman–Crippen LogP) is -0.0705. The van der Waals surface area contributed by atoms with Crippen LogP contribution < -0.4 is 11.3 Å². The number of β-amino-alcohol motifs (C(OH)–C–C–N with tert-alkyl or cyclic N) is 1. The van der Waals surface area contributed by atoms with Crippen LogP contribution >= 0.6 is 0 Å². The van der Waals surface area contributed by atoms with Crippen molar-refractivity contribution in [3.63, 3.8) is 0 Å². The zero-order valence-electron chi connectivity index (χ0n) is 12.2. The quantitative estimate of drug-likeness (QED) is 0.829. The summed E-state index contributed by atoms with van der Waals surface area (Å²) in [7, 11) is 0. The van der Waals surface area contributed by atoms with Crippen molar-refractivity contribution in [2.75, 3.05) is 19.6 Å². The fraction of sp³-hybridized carbons (Fsp3) is 0.467. The number of hydrogen-bond donors (Lipinski definition) is 2. The summed E-state index contributed by atoms with van der Waals surface area (Å²) >= 11 is 0. The molecule has 0 saturated carbocycles. The largest absolute Gasteiger partial charge is 0.390 e. The Labute approximate surface area is 127 Å². The summed E-state index contributed by atoms with van der Waals surface area (Å²) in [4.78, 5) is 18.1. The number of nitrogens with zero attached hydrogens (tertiary/aromatic N) is 3. The van der Waals surface area contributed by atoms with Gasteiger partial charge in [-0.05, 0) is 19.0 Å². The maximum Gasteiger partial charge on any atom is 0.251 e. The van der Waals surface area contributed by atoms with E-state index in [1.54, 1.807) is 6.07 Å². The Morgan fingerprint density at radius 2 is 2.23 bits per heavy atom. The Morgan fingerprint density at radius 3 is 3.00 bits per heavy atom. The second-order valence-corrected chi connectivity index (χ2v) is 5.70. The van der Waals surface area contributed by atoms with Crippen LogP contribution in [0.5, 0.6) is 0 Å². The van der Waals surface area contributed by atoms with Gasteiger partial charge < -0.3 is 15.4 Å². The van der Waals surface area contributed by atoms with Gasteiger partial charge in [0.25, 0.3) is 5.56 Å². The highest BCUT2D eigenvalue weighted by Gasteiger charge is 2.24. The van der Waals surface area contributed by atoms with Gasteiger partial charge in [-0.25, -0.2) is 4.39 Å². The van der Waals surface area contributed by atoms with Crippen LogP contribution in [0.3, 0.4) is 0 Å². The Bertz CT molecular complexity index is 733. The van der Waals surface area contributed by atoms with E-state index in [1.165, 1.54) is 16.7 Å². The van der Waals surface area contributed by atoms with Crippen LogP contribution in [0.25, 0.3) is 11.0 Å². The number of halogens is 1. The number of aromatic nitrogens is 2. The average Bonchev–Trinajstić information content (AvgIpc) is 2.49. The molecule has 0 spiro atoms. The van der Waals surface area contributed by atoms with Crippen molar-refractivity contribution in [1.82, 2.24) is 14.5 Å². The smallest absolute Gasteiger partial charge is 0.251 e. The van der Waals surface area contributed by atoms with Gasteiger partial charge in [-0.3, -0.25) is 14.7 Å². The molecule has 2 unspecified atom stereocenters. The van der Waals surface area contributed by atoms with E-state index >= 15 is 0 Å². The van der Waals surface area contributed by atoms with Crippen molar-refractivity contribution in [3.8, 4) is 0 Å². The topological polar surface area (TPSA) is 84.4 Å². The standard InChI is InChI=1S/C15H19FN4O2/c16-10-7-13-12(18-8-10)1-2-15(22)20(13)6-5-19-4-3-11(17)14(21)9-19/h1-2,7-8,11,14,21H,3-6,9,17H2. The van der Waals surface area contributed by atoms with E-state index in [0.29, 0.717) is 30.7 Å². The molecule has 2 atom stereocenters. The van der Waals surface area contributed by atoms with Gasteiger partial charge in [-0.15, -0.1) is 0 Å². The molecule has 118 valence electrons. The third-order valence-electron chi connectivity index (χ3n) is 4.16. The van der Waals surface area contributed by atoms with Crippen LogP contribution in [0.1, 0.15) is 6.42 Å². The number of aliphatic hydroxyl groups is 1. The molecule has 3 heterocycles. The van der Waals surface area contributed by atoms with Crippen LogP contribution in [0.4, 0.5) is 4.39 Å². The molecule has 1 aliphatic heterocycles. The first-order chi connectivity index (χ1) is 10.5. The third-order valence-corrected chi connectivity index (χ3v) is 4.16. The van der Waals surface area contributed by atoms with E-state index in [0.717, 1.165) is 19.2 Å². The maximum atomic E-state index is 13.4. The van der Waals surface area contributed by atoms with Gasteiger partial charge in [-0.2, -0.15) is 0 Å². The number of rotatable bonds is 3. The Kier molecular flexibility index (Phi) is 4.19. The second kappa shape index (κ2) is 6.12. The van der Waals surface area contributed by atoms with Crippen LogP contribution in [0.15, 0.2) is 29.2 Å². The molecule has 1 fully saturated rings. The van der Waals surface area contributed by atoms with E-state index in [1.807, 2.05) is 0 Å². The molecule has 3 rings (SSSR count). The highest BCUT2D eigenvalue weighted by Crippen LogP contribution is 2.12. The molecule has 1 aliphatic rings. The minimum absolute atomic E-state index is 0.185. The fourth-order valence-corrected chi connectivity index (χ4v) is 2.83. The summed E-state index contributed by atoms with van der Waals surface area (Å²) in [6.07, 6.45) is 1.32. The Balaban J connectivity index is 1.80. The Morgan fingerprint density at radius 1 is 1.41 bits per heavy atom. The fourth-order valence-electron chi connectivity index (χ4n) is 2.83. The first kappa shape index (κ1) is 15.1. The summed E-state index contributed by atoms with van der Waals surface area (Å²) in [5.41, 5.74) is 6.67. The average molecular weight is 306 g/mol. The van der Waals surface area contributed by atoms with E-state index in [2.05, 4.69) is 9.88 Å². The summed E-state index contributed by atoms with van der Waals surface area (Å²) in [5, 5.41) is 9.81. The van der Waals surface area contributed by atoms with E-state index < -0.39 is 11.9 Å². The number of nitrogens with two attached hydrogens (primary N) is 1. The van der Waals surface area contributed by atoms with Crippen molar-refractivity contribution in [3.05, 3.63) is 40.6 Å². The predicted molar refractivity (Wildman–Crippen MR) is 81.0 cm³/mol. The minimum Gasteiger partial charge on any atom is -0.390 e. The maximum absolute atomic E-state index is 13.4. The van der Waals surface area contributed by atoms with E-state index in [4.69, 9.17) is 5.73 Å². The molecule has 0 radical (unpaired) electrons. The van der Waals surface area contributed by atoms with Gasteiger partial charge in [0.05, 0.1) is 23.3 Å². The van der Waals surface area contributed by atoms with Crippen LogP contribution in [0, 0.1) is 5.82 Å². The number of piperidine rings is 1. The molecule has 0 aromatic carbocycles. The van der Waals surface area contributed by atoms with Crippen molar-refractivity contribution in [2.45, 2.75) is 25.1 Å². The van der Waals surface area contributed by atoms with Crippen LogP contribution in [-0.4, -0.2) is 51.3 Å². The first-order valence-corrected chi connectivity index (χ1v) is 7.36. The lowest BCUT2D eigenvalue weighted by Crippen LogP contribution is -2.51. The zero-order valence-corrected chi connectivity index (χ0v) is 12.2. The van der Waals surface area contributed by atoms with Crippen molar-refractivity contribution >= 4 is 11.0 Å². The molecule has 6 nitrogen and oxygen atoms in total. The SMILES string of the molecule is NC1CCN(CCn2c(=O)ccc3ncc(F)cc32)CC1O. The van der Waals surface area contributed by atoms with Gasteiger partial charge >= 0.3 is 0 Å². The van der Waals surface area contributed by atoms with E-state index in [9.17, 15) is 14.3 Å². The highest BCUT2D eigenvalue weighted by atomic mass is 19.1. The van der Waals surface area contributed by atoms with Gasteiger partial charge in [0.15, 0.2) is 0 Å². The summed E-state index contributed by atoms with van der Waals surface area (Å²) in [5.74, 6) is -0.466. The number of fused-ring (bicyclic) bond motifs is 1. The molecule has 3 N–H and O–H groups in total. The van der Waals surface area contributed by atoms with Gasteiger partial charge in [-0.1, -0.05) is 0 Å². The number of aliphatic hydroxyl groups excluding tert-OH is 1. The first-order valence-electron chi connectivity index (χ1n) is 7.36. The molecule has 2 aromatic heterocycles. The van der Waals surface area contributed by atoms with Crippen molar-refractivity contribution < 1.29 is 9.50 Å². The molecular formula is C15H19FN4O2.